The number of aromatic nitrogens is 1. The molecule has 4 rings (SSSR count). The number of benzene rings is 1. The number of esters is 1. The van der Waals surface area contributed by atoms with Gasteiger partial charge < -0.3 is 25.1 Å². The number of hydrogen-bond acceptors (Lipinski definition) is 7. The smallest absolute Gasteiger partial charge is 0.341 e. The van der Waals surface area contributed by atoms with E-state index in [1.54, 1.807) is 6.07 Å². The van der Waals surface area contributed by atoms with Crippen molar-refractivity contribution < 1.29 is 13.9 Å². The molecule has 3 heterocycles. The van der Waals surface area contributed by atoms with Crippen molar-refractivity contribution in [3.8, 4) is 0 Å². The lowest BCUT2D eigenvalue weighted by Gasteiger charge is -2.17. The summed E-state index contributed by atoms with van der Waals surface area (Å²) in [4.78, 5) is 16.0. The van der Waals surface area contributed by atoms with Gasteiger partial charge in [0.15, 0.2) is 11.9 Å². The summed E-state index contributed by atoms with van der Waals surface area (Å²) in [5.74, 6) is 0.225. The van der Waals surface area contributed by atoms with Crippen molar-refractivity contribution >= 4 is 57.2 Å². The van der Waals surface area contributed by atoms with Crippen molar-refractivity contribution in [2.75, 3.05) is 23.1 Å². The highest BCUT2D eigenvalue weighted by Crippen LogP contribution is 2.41. The van der Waals surface area contributed by atoms with Gasteiger partial charge in [-0.15, -0.1) is 0 Å². The molecule has 0 spiro atoms. The molecule has 1 unspecified atom stereocenters. The summed E-state index contributed by atoms with van der Waals surface area (Å²) in [5, 5.41) is 11.3. The Kier molecular flexibility index (Phi) is 4.05. The molecule has 9 heteroatoms. The number of fused-ring (bicyclic) bond motifs is 3. The van der Waals surface area contributed by atoms with Crippen molar-refractivity contribution in [2.45, 2.75) is 13.2 Å². The van der Waals surface area contributed by atoms with Gasteiger partial charge in [0, 0.05) is 17.8 Å². The maximum Gasteiger partial charge on any atom is 0.341 e. The molecule has 0 saturated carbocycles. The van der Waals surface area contributed by atoms with Crippen LogP contribution in [0.4, 0.5) is 17.1 Å². The molecule has 3 N–H and O–H groups in total. The van der Waals surface area contributed by atoms with Crippen LogP contribution in [0.1, 0.15) is 16.1 Å². The molecule has 0 saturated heterocycles. The third-order valence-electron chi connectivity index (χ3n) is 4.06. The van der Waals surface area contributed by atoms with Crippen LogP contribution in [-0.2, 0) is 4.74 Å². The maximum absolute atomic E-state index is 12.1. The Morgan fingerprint density at radius 1 is 1.27 bits per heavy atom. The lowest BCUT2D eigenvalue weighted by Crippen LogP contribution is -2.31. The number of halogens is 2. The van der Waals surface area contributed by atoms with Crippen LogP contribution in [0, 0.1) is 6.92 Å². The van der Waals surface area contributed by atoms with Crippen LogP contribution in [0.25, 0.3) is 11.0 Å². The number of pyridine rings is 1. The SMILES string of the molecule is COC(=O)c1cc2c(c3cc(C)oc13)NC(Nc1c(Cl)cncc1Cl)N2. The normalized spacial score (nSPS) is 15.3. The molecule has 0 aliphatic carbocycles. The molecular weight excluding hydrogens is 379 g/mol. The Hall–Kier alpha value is -2.64. The van der Waals surface area contributed by atoms with Gasteiger partial charge >= 0.3 is 5.97 Å². The van der Waals surface area contributed by atoms with Crippen LogP contribution in [0.5, 0.6) is 0 Å². The molecule has 0 radical (unpaired) electrons. The first-order valence-electron chi connectivity index (χ1n) is 7.72. The topological polar surface area (TPSA) is 88.4 Å². The highest BCUT2D eigenvalue weighted by atomic mass is 35.5. The van der Waals surface area contributed by atoms with Crippen LogP contribution in [-0.4, -0.2) is 24.4 Å². The number of nitrogens with one attached hydrogen (secondary N) is 3. The molecule has 1 atom stereocenters. The van der Waals surface area contributed by atoms with E-state index in [1.807, 2.05) is 13.0 Å². The highest BCUT2D eigenvalue weighted by molar-refractivity contribution is 6.38. The zero-order chi connectivity index (χ0) is 18.4. The maximum atomic E-state index is 12.1. The lowest BCUT2D eigenvalue weighted by molar-refractivity contribution is 0.0602. The number of carbonyl (C=O) groups is 1. The fourth-order valence-corrected chi connectivity index (χ4v) is 3.43. The Bertz CT molecular complexity index is 1010. The first kappa shape index (κ1) is 16.8. The summed E-state index contributed by atoms with van der Waals surface area (Å²) in [7, 11) is 1.33. The standard InChI is InChI=1S/C17H14Cl2N4O3/c1-7-3-8-13-12(4-9(15(8)26-7)16(24)25-2)21-17(22-13)23-14-10(18)5-20-6-11(14)19/h3-6,17,21-22H,1-2H3,(H,20,23). The summed E-state index contributed by atoms with van der Waals surface area (Å²) in [6, 6.07) is 3.56. The lowest BCUT2D eigenvalue weighted by atomic mass is 10.1. The van der Waals surface area contributed by atoms with E-state index in [0.29, 0.717) is 32.6 Å². The first-order valence-corrected chi connectivity index (χ1v) is 8.47. The number of hydrogen-bond donors (Lipinski definition) is 3. The van der Waals surface area contributed by atoms with E-state index in [1.165, 1.54) is 19.5 Å². The van der Waals surface area contributed by atoms with Gasteiger partial charge in [0.25, 0.3) is 0 Å². The number of furan rings is 1. The predicted octanol–water partition coefficient (Wildman–Crippen LogP) is 4.46. The average Bonchev–Trinajstić information content (AvgIpc) is 3.19. The minimum atomic E-state index is -0.467. The second kappa shape index (κ2) is 6.26. The van der Waals surface area contributed by atoms with E-state index in [0.717, 1.165) is 16.8 Å². The Morgan fingerprint density at radius 3 is 2.69 bits per heavy atom. The zero-order valence-electron chi connectivity index (χ0n) is 13.8. The van der Waals surface area contributed by atoms with E-state index >= 15 is 0 Å². The van der Waals surface area contributed by atoms with Gasteiger partial charge in [0.05, 0.1) is 34.2 Å². The Balaban J connectivity index is 1.73. The summed E-state index contributed by atoms with van der Waals surface area (Å²) < 4.78 is 10.6. The predicted molar refractivity (Wildman–Crippen MR) is 101 cm³/mol. The molecule has 0 amide bonds. The van der Waals surface area contributed by atoms with E-state index in [9.17, 15) is 4.79 Å². The van der Waals surface area contributed by atoms with E-state index < -0.39 is 12.3 Å². The van der Waals surface area contributed by atoms with E-state index in [-0.39, 0.29) is 0 Å². The van der Waals surface area contributed by atoms with Crippen molar-refractivity contribution in [3.63, 3.8) is 0 Å². The van der Waals surface area contributed by atoms with Crippen LogP contribution < -0.4 is 16.0 Å². The fourth-order valence-electron chi connectivity index (χ4n) is 2.96. The summed E-state index contributed by atoms with van der Waals surface area (Å²) in [6.07, 6.45) is 2.61. The van der Waals surface area contributed by atoms with Crippen LogP contribution in [0.2, 0.25) is 10.0 Å². The largest absolute Gasteiger partial charge is 0.465 e. The Morgan fingerprint density at radius 2 is 2.00 bits per heavy atom. The number of aryl methyl sites for hydroxylation is 1. The molecule has 0 fully saturated rings. The van der Waals surface area contributed by atoms with Gasteiger partial charge in [-0.25, -0.2) is 4.79 Å². The van der Waals surface area contributed by atoms with Gasteiger partial charge in [-0.2, -0.15) is 0 Å². The highest BCUT2D eigenvalue weighted by Gasteiger charge is 2.28. The van der Waals surface area contributed by atoms with Gasteiger partial charge in [0.1, 0.15) is 11.3 Å². The van der Waals surface area contributed by atoms with Crippen molar-refractivity contribution in [1.29, 1.82) is 0 Å². The number of anilines is 3. The van der Waals surface area contributed by atoms with Gasteiger partial charge in [-0.05, 0) is 19.1 Å². The zero-order valence-corrected chi connectivity index (χ0v) is 15.3. The molecule has 2 aromatic heterocycles. The van der Waals surface area contributed by atoms with Crippen molar-refractivity contribution in [1.82, 2.24) is 4.98 Å². The second-order valence-corrected chi connectivity index (χ2v) is 6.60. The first-order chi connectivity index (χ1) is 12.5. The van der Waals surface area contributed by atoms with Gasteiger partial charge in [0.2, 0.25) is 0 Å². The van der Waals surface area contributed by atoms with Gasteiger partial charge in [-0.1, -0.05) is 23.2 Å². The van der Waals surface area contributed by atoms with Crippen LogP contribution >= 0.6 is 23.2 Å². The number of nitrogens with zero attached hydrogens (tertiary/aromatic N) is 1. The van der Waals surface area contributed by atoms with E-state index in [2.05, 4.69) is 20.9 Å². The number of ether oxygens (including phenoxy) is 1. The van der Waals surface area contributed by atoms with E-state index in [4.69, 9.17) is 32.4 Å². The van der Waals surface area contributed by atoms with Crippen molar-refractivity contribution in [2.24, 2.45) is 0 Å². The minimum Gasteiger partial charge on any atom is -0.465 e. The quantitative estimate of drug-likeness (QED) is 0.566. The third-order valence-corrected chi connectivity index (χ3v) is 4.64. The van der Waals surface area contributed by atoms with Crippen LogP contribution in [0.3, 0.4) is 0 Å². The molecule has 134 valence electrons. The summed E-state index contributed by atoms with van der Waals surface area (Å²) >= 11 is 12.3. The van der Waals surface area contributed by atoms with Gasteiger partial charge in [-0.3, -0.25) is 4.98 Å². The molecular formula is C17H14Cl2N4O3. The molecule has 1 aliphatic rings. The number of rotatable bonds is 3. The molecule has 3 aromatic rings. The third kappa shape index (κ3) is 2.69. The fraction of sp³-hybridized carbons (Fsp3) is 0.176. The average molecular weight is 393 g/mol. The second-order valence-electron chi connectivity index (χ2n) is 5.78. The van der Waals surface area contributed by atoms with Crippen LogP contribution in [0.15, 0.2) is 28.9 Å². The summed E-state index contributed by atoms with van der Waals surface area (Å²) in [6.45, 7) is 1.82. The monoisotopic (exact) mass is 392 g/mol. The molecule has 1 aromatic carbocycles. The molecule has 26 heavy (non-hydrogen) atoms. The molecule has 0 bridgehead atoms. The summed E-state index contributed by atoms with van der Waals surface area (Å²) in [5.41, 5.74) is 2.92. The number of methoxy groups -OCH3 is 1. The van der Waals surface area contributed by atoms with Crippen molar-refractivity contribution in [3.05, 3.63) is 45.9 Å². The number of carbonyl (C=O) groups excluding carboxylic acids is 1. The molecule has 7 nitrogen and oxygen atoms in total. The minimum absolute atomic E-state index is 0.351. The molecule has 1 aliphatic heterocycles. The Labute approximate surface area is 158 Å².